The number of aryl methyl sites for hydroxylation is 1. The summed E-state index contributed by atoms with van der Waals surface area (Å²) in [6, 6.07) is 3.15. The molecule has 0 spiro atoms. The van der Waals surface area contributed by atoms with Crippen LogP contribution in [-0.4, -0.2) is 0 Å². The van der Waals surface area contributed by atoms with E-state index in [9.17, 15) is 4.39 Å². The molecule has 0 heterocycles. The van der Waals surface area contributed by atoms with Crippen molar-refractivity contribution >= 4 is 11.6 Å². The minimum Gasteiger partial charge on any atom is -0.324 e. The van der Waals surface area contributed by atoms with Crippen molar-refractivity contribution in [2.24, 2.45) is 11.7 Å². The Balaban J connectivity index is 2.27. The van der Waals surface area contributed by atoms with Crippen molar-refractivity contribution in [3.63, 3.8) is 0 Å². The molecule has 0 aliphatic heterocycles. The summed E-state index contributed by atoms with van der Waals surface area (Å²) in [5, 5.41) is 0.450. The zero-order valence-electron chi connectivity index (χ0n) is 8.76. The van der Waals surface area contributed by atoms with Crippen LogP contribution in [0.15, 0.2) is 12.1 Å². The fraction of sp³-hybridized carbons (Fsp3) is 0.500. The van der Waals surface area contributed by atoms with Gasteiger partial charge in [-0.25, -0.2) is 4.39 Å². The lowest BCUT2D eigenvalue weighted by atomic mass is 9.99. The molecular weight excluding hydrogens is 213 g/mol. The van der Waals surface area contributed by atoms with Gasteiger partial charge in [-0.05, 0) is 30.9 Å². The molecule has 0 amide bonds. The topological polar surface area (TPSA) is 26.0 Å². The Morgan fingerprint density at radius 1 is 1.53 bits per heavy atom. The molecule has 1 aromatic carbocycles. The van der Waals surface area contributed by atoms with Crippen LogP contribution in [-0.2, 0) is 0 Å². The van der Waals surface area contributed by atoms with Crippen LogP contribution in [0.5, 0.6) is 0 Å². The Morgan fingerprint density at radius 3 is 2.80 bits per heavy atom. The maximum absolute atomic E-state index is 13.8. The summed E-state index contributed by atoms with van der Waals surface area (Å²) in [4.78, 5) is 0. The van der Waals surface area contributed by atoms with Crippen molar-refractivity contribution in [2.75, 3.05) is 0 Å². The fourth-order valence-electron chi connectivity index (χ4n) is 1.85. The van der Waals surface area contributed by atoms with E-state index in [4.69, 9.17) is 17.3 Å². The van der Waals surface area contributed by atoms with Crippen LogP contribution in [0.1, 0.15) is 36.4 Å². The van der Waals surface area contributed by atoms with Gasteiger partial charge in [-0.3, -0.25) is 0 Å². The van der Waals surface area contributed by atoms with E-state index < -0.39 is 0 Å². The van der Waals surface area contributed by atoms with E-state index >= 15 is 0 Å². The van der Waals surface area contributed by atoms with E-state index in [1.807, 2.05) is 0 Å². The largest absolute Gasteiger partial charge is 0.324 e. The summed E-state index contributed by atoms with van der Waals surface area (Å²) in [6.07, 6.45) is 3.29. The van der Waals surface area contributed by atoms with E-state index in [1.165, 1.54) is 12.8 Å². The van der Waals surface area contributed by atoms with Crippen LogP contribution in [0.25, 0.3) is 0 Å². The quantitative estimate of drug-likeness (QED) is 0.839. The van der Waals surface area contributed by atoms with Crippen molar-refractivity contribution in [2.45, 2.75) is 32.2 Å². The summed E-state index contributed by atoms with van der Waals surface area (Å²) >= 11 is 5.98. The van der Waals surface area contributed by atoms with Gasteiger partial charge in [0.15, 0.2) is 0 Å². The predicted molar refractivity (Wildman–Crippen MR) is 60.4 cm³/mol. The Morgan fingerprint density at radius 2 is 2.20 bits per heavy atom. The molecule has 1 nitrogen and oxygen atoms in total. The molecule has 0 bridgehead atoms. The molecule has 0 radical (unpaired) electrons. The average molecular weight is 228 g/mol. The van der Waals surface area contributed by atoms with Crippen LogP contribution in [0, 0.1) is 18.7 Å². The van der Waals surface area contributed by atoms with Crippen LogP contribution >= 0.6 is 11.6 Å². The SMILES string of the molecule is Cc1ccc(Cl)c([C@@H](N)CC2CC2)c1F. The molecule has 0 aromatic heterocycles. The van der Waals surface area contributed by atoms with Crippen molar-refractivity contribution < 1.29 is 4.39 Å². The second kappa shape index (κ2) is 4.11. The normalized spacial score (nSPS) is 17.9. The highest BCUT2D eigenvalue weighted by atomic mass is 35.5. The first-order valence-corrected chi connectivity index (χ1v) is 5.67. The average Bonchev–Trinajstić information content (AvgIpc) is 2.96. The third-order valence-electron chi connectivity index (χ3n) is 2.97. The summed E-state index contributed by atoms with van der Waals surface area (Å²) in [7, 11) is 0. The van der Waals surface area contributed by atoms with Gasteiger partial charge >= 0.3 is 0 Å². The van der Waals surface area contributed by atoms with Crippen molar-refractivity contribution in [3.05, 3.63) is 34.1 Å². The number of hydrogen-bond donors (Lipinski definition) is 1. The van der Waals surface area contributed by atoms with Crippen molar-refractivity contribution in [1.29, 1.82) is 0 Å². The third-order valence-corrected chi connectivity index (χ3v) is 3.30. The molecule has 2 N–H and O–H groups in total. The summed E-state index contributed by atoms with van der Waals surface area (Å²) in [5.41, 5.74) is 7.08. The van der Waals surface area contributed by atoms with Gasteiger partial charge in [-0.15, -0.1) is 0 Å². The highest BCUT2D eigenvalue weighted by Gasteiger charge is 2.27. The van der Waals surface area contributed by atoms with Gasteiger partial charge in [0.2, 0.25) is 0 Å². The molecule has 1 atom stereocenters. The number of halogens is 2. The molecule has 0 saturated heterocycles. The predicted octanol–water partition coefficient (Wildman–Crippen LogP) is 3.59. The Kier molecular flexibility index (Phi) is 2.98. The highest BCUT2D eigenvalue weighted by Crippen LogP contribution is 2.39. The number of rotatable bonds is 3. The lowest BCUT2D eigenvalue weighted by molar-refractivity contribution is 0.538. The van der Waals surface area contributed by atoms with Gasteiger partial charge in [-0.1, -0.05) is 30.5 Å². The Labute approximate surface area is 94.4 Å². The van der Waals surface area contributed by atoms with E-state index in [-0.39, 0.29) is 11.9 Å². The first kappa shape index (κ1) is 10.9. The number of hydrogen-bond acceptors (Lipinski definition) is 1. The van der Waals surface area contributed by atoms with Gasteiger partial charge in [0, 0.05) is 16.6 Å². The van der Waals surface area contributed by atoms with Gasteiger partial charge in [0.1, 0.15) is 5.82 Å². The first-order valence-electron chi connectivity index (χ1n) is 5.29. The lowest BCUT2D eigenvalue weighted by Crippen LogP contribution is -2.14. The molecule has 3 heteroatoms. The molecular formula is C12H15ClFN. The van der Waals surface area contributed by atoms with Crippen LogP contribution in [0.4, 0.5) is 4.39 Å². The molecule has 2 rings (SSSR count). The molecule has 15 heavy (non-hydrogen) atoms. The molecule has 1 saturated carbocycles. The zero-order chi connectivity index (χ0) is 11.0. The lowest BCUT2D eigenvalue weighted by Gasteiger charge is -2.15. The number of nitrogens with two attached hydrogens (primary N) is 1. The molecule has 1 aliphatic carbocycles. The minimum absolute atomic E-state index is 0.240. The third kappa shape index (κ3) is 2.32. The molecule has 82 valence electrons. The van der Waals surface area contributed by atoms with Crippen LogP contribution < -0.4 is 5.73 Å². The Bertz CT molecular complexity index is 374. The van der Waals surface area contributed by atoms with Crippen LogP contribution in [0.2, 0.25) is 5.02 Å². The van der Waals surface area contributed by atoms with E-state index in [1.54, 1.807) is 19.1 Å². The van der Waals surface area contributed by atoms with Crippen molar-refractivity contribution in [3.8, 4) is 0 Å². The van der Waals surface area contributed by atoms with E-state index in [0.717, 1.165) is 6.42 Å². The molecule has 1 fully saturated rings. The van der Waals surface area contributed by atoms with Gasteiger partial charge in [-0.2, -0.15) is 0 Å². The maximum Gasteiger partial charge on any atom is 0.132 e. The smallest absolute Gasteiger partial charge is 0.132 e. The first-order chi connectivity index (χ1) is 7.09. The van der Waals surface area contributed by atoms with E-state index in [2.05, 4.69) is 0 Å². The zero-order valence-corrected chi connectivity index (χ0v) is 9.52. The van der Waals surface area contributed by atoms with Gasteiger partial charge in [0.05, 0.1) is 0 Å². The molecule has 1 aliphatic rings. The minimum atomic E-state index is -0.259. The monoisotopic (exact) mass is 227 g/mol. The fourth-order valence-corrected chi connectivity index (χ4v) is 2.13. The van der Waals surface area contributed by atoms with Gasteiger partial charge in [0.25, 0.3) is 0 Å². The second-order valence-electron chi connectivity index (χ2n) is 4.38. The van der Waals surface area contributed by atoms with Crippen molar-refractivity contribution in [1.82, 2.24) is 0 Å². The molecule has 1 aromatic rings. The molecule has 0 unspecified atom stereocenters. The highest BCUT2D eigenvalue weighted by molar-refractivity contribution is 6.31. The summed E-state index contributed by atoms with van der Waals surface area (Å²) in [6.45, 7) is 1.74. The van der Waals surface area contributed by atoms with Gasteiger partial charge < -0.3 is 5.73 Å². The van der Waals surface area contributed by atoms with Crippen LogP contribution in [0.3, 0.4) is 0 Å². The summed E-state index contributed by atoms with van der Waals surface area (Å²) in [5.74, 6) is 0.437. The second-order valence-corrected chi connectivity index (χ2v) is 4.78. The maximum atomic E-state index is 13.8. The standard InChI is InChI=1S/C12H15ClFN/c1-7-2-5-9(13)11(12(7)14)10(15)6-8-3-4-8/h2,5,8,10H,3-4,6,15H2,1H3/t10-/m0/s1. The number of benzene rings is 1. The van der Waals surface area contributed by atoms with E-state index in [0.29, 0.717) is 22.1 Å². The Hall–Kier alpha value is -0.600. The summed E-state index contributed by atoms with van der Waals surface area (Å²) < 4.78 is 13.8.